The molecule has 4 heteroatoms. The van der Waals surface area contributed by atoms with E-state index in [9.17, 15) is 0 Å². The van der Waals surface area contributed by atoms with Gasteiger partial charge >= 0.3 is 0 Å². The molecule has 2 rings (SSSR count). The summed E-state index contributed by atoms with van der Waals surface area (Å²) < 4.78 is 0. The molecule has 96 valence electrons. The van der Waals surface area contributed by atoms with Crippen LogP contribution in [0.25, 0.3) is 10.8 Å². The van der Waals surface area contributed by atoms with Gasteiger partial charge in [0.1, 0.15) is 0 Å². The standard InChI is InChI=1S/C14H18ClN3/c1-4-18(9-10(2)3)14-12-8-6-5-7-11(12)13(15)16-17-14/h5-8,10H,4,9H2,1-3H3. The molecule has 0 aliphatic rings. The van der Waals surface area contributed by atoms with Crippen molar-refractivity contribution in [2.75, 3.05) is 18.0 Å². The smallest absolute Gasteiger partial charge is 0.159 e. The van der Waals surface area contributed by atoms with E-state index in [-0.39, 0.29) is 0 Å². The van der Waals surface area contributed by atoms with E-state index >= 15 is 0 Å². The van der Waals surface area contributed by atoms with Gasteiger partial charge < -0.3 is 4.90 Å². The zero-order chi connectivity index (χ0) is 13.1. The molecule has 0 fully saturated rings. The zero-order valence-electron chi connectivity index (χ0n) is 11.0. The van der Waals surface area contributed by atoms with Crippen molar-refractivity contribution >= 4 is 28.2 Å². The van der Waals surface area contributed by atoms with Crippen LogP contribution in [-0.2, 0) is 0 Å². The van der Waals surface area contributed by atoms with Crippen LogP contribution >= 0.6 is 11.6 Å². The first-order chi connectivity index (χ1) is 8.63. The minimum absolute atomic E-state index is 0.468. The van der Waals surface area contributed by atoms with Crippen molar-refractivity contribution in [2.24, 2.45) is 5.92 Å². The average Bonchev–Trinajstić information content (AvgIpc) is 2.37. The summed E-state index contributed by atoms with van der Waals surface area (Å²) >= 11 is 6.09. The number of benzene rings is 1. The number of nitrogens with zero attached hydrogens (tertiary/aromatic N) is 3. The van der Waals surface area contributed by atoms with E-state index in [1.807, 2.05) is 24.3 Å². The minimum atomic E-state index is 0.468. The third kappa shape index (κ3) is 2.56. The summed E-state index contributed by atoms with van der Waals surface area (Å²) in [7, 11) is 0. The molecule has 1 aromatic carbocycles. The number of fused-ring (bicyclic) bond motifs is 1. The third-order valence-electron chi connectivity index (χ3n) is 2.89. The molecule has 1 aromatic heterocycles. The Bertz CT molecular complexity index is 540. The molecular formula is C14H18ClN3. The quantitative estimate of drug-likeness (QED) is 0.841. The predicted octanol–water partition coefficient (Wildman–Crippen LogP) is 3.77. The van der Waals surface area contributed by atoms with Crippen molar-refractivity contribution in [3.05, 3.63) is 29.4 Å². The number of anilines is 1. The molecule has 0 saturated carbocycles. The number of aromatic nitrogens is 2. The molecule has 0 spiro atoms. The van der Waals surface area contributed by atoms with Gasteiger partial charge in [0.15, 0.2) is 11.0 Å². The summed E-state index contributed by atoms with van der Waals surface area (Å²) in [4.78, 5) is 2.25. The SMILES string of the molecule is CCN(CC(C)C)c1nnc(Cl)c2ccccc12. The van der Waals surface area contributed by atoms with Crippen molar-refractivity contribution in [3.63, 3.8) is 0 Å². The van der Waals surface area contributed by atoms with Crippen molar-refractivity contribution in [1.29, 1.82) is 0 Å². The third-order valence-corrected chi connectivity index (χ3v) is 3.17. The Morgan fingerprint density at radius 2 is 1.83 bits per heavy atom. The van der Waals surface area contributed by atoms with E-state index in [1.54, 1.807) is 0 Å². The summed E-state index contributed by atoms with van der Waals surface area (Å²) in [5.74, 6) is 1.51. The first-order valence-corrected chi connectivity index (χ1v) is 6.67. The molecule has 0 aliphatic carbocycles. The Morgan fingerprint density at radius 3 is 2.44 bits per heavy atom. The Morgan fingerprint density at radius 1 is 1.17 bits per heavy atom. The molecule has 0 amide bonds. The summed E-state index contributed by atoms with van der Waals surface area (Å²) in [6, 6.07) is 8.01. The van der Waals surface area contributed by atoms with Crippen LogP contribution in [0.5, 0.6) is 0 Å². The lowest BCUT2D eigenvalue weighted by atomic mass is 10.1. The maximum absolute atomic E-state index is 6.09. The summed E-state index contributed by atoms with van der Waals surface area (Å²) in [5, 5.41) is 10.8. The molecule has 0 atom stereocenters. The molecule has 3 nitrogen and oxygen atoms in total. The van der Waals surface area contributed by atoms with E-state index in [1.165, 1.54) is 0 Å². The summed E-state index contributed by atoms with van der Waals surface area (Å²) in [6.07, 6.45) is 0. The molecule has 0 saturated heterocycles. The van der Waals surface area contributed by atoms with Crippen LogP contribution in [0, 0.1) is 5.92 Å². The van der Waals surface area contributed by atoms with E-state index in [2.05, 4.69) is 35.9 Å². The predicted molar refractivity (Wildman–Crippen MR) is 77.3 cm³/mol. The van der Waals surface area contributed by atoms with Crippen LogP contribution in [0.4, 0.5) is 5.82 Å². The number of hydrogen-bond donors (Lipinski definition) is 0. The fourth-order valence-electron chi connectivity index (χ4n) is 2.10. The van der Waals surface area contributed by atoms with Crippen molar-refractivity contribution in [1.82, 2.24) is 10.2 Å². The van der Waals surface area contributed by atoms with Crippen molar-refractivity contribution < 1.29 is 0 Å². The Hall–Kier alpha value is -1.35. The van der Waals surface area contributed by atoms with Gasteiger partial charge in [-0.3, -0.25) is 0 Å². The second-order valence-electron chi connectivity index (χ2n) is 4.79. The van der Waals surface area contributed by atoms with E-state index in [0.29, 0.717) is 11.1 Å². The molecule has 0 N–H and O–H groups in total. The van der Waals surface area contributed by atoms with E-state index < -0.39 is 0 Å². The van der Waals surface area contributed by atoms with Crippen LogP contribution in [0.15, 0.2) is 24.3 Å². The summed E-state index contributed by atoms with van der Waals surface area (Å²) in [5.41, 5.74) is 0. The monoisotopic (exact) mass is 263 g/mol. The minimum Gasteiger partial charge on any atom is -0.355 e. The second kappa shape index (κ2) is 5.53. The van der Waals surface area contributed by atoms with Gasteiger partial charge in [-0.05, 0) is 12.8 Å². The van der Waals surface area contributed by atoms with Crippen LogP contribution in [0.2, 0.25) is 5.15 Å². The van der Waals surface area contributed by atoms with Gasteiger partial charge in [-0.15, -0.1) is 10.2 Å². The van der Waals surface area contributed by atoms with Gasteiger partial charge in [0, 0.05) is 23.9 Å². The van der Waals surface area contributed by atoms with E-state index in [4.69, 9.17) is 11.6 Å². The molecule has 2 aromatic rings. The lowest BCUT2D eigenvalue weighted by molar-refractivity contribution is 0.613. The summed E-state index contributed by atoms with van der Waals surface area (Å²) in [6.45, 7) is 8.42. The van der Waals surface area contributed by atoms with Gasteiger partial charge in [0.05, 0.1) is 0 Å². The average molecular weight is 264 g/mol. The molecule has 0 bridgehead atoms. The zero-order valence-corrected chi connectivity index (χ0v) is 11.8. The van der Waals surface area contributed by atoms with E-state index in [0.717, 1.165) is 29.7 Å². The maximum atomic E-state index is 6.09. The highest BCUT2D eigenvalue weighted by atomic mass is 35.5. The van der Waals surface area contributed by atoms with Crippen molar-refractivity contribution in [3.8, 4) is 0 Å². The van der Waals surface area contributed by atoms with Crippen LogP contribution in [0.1, 0.15) is 20.8 Å². The van der Waals surface area contributed by atoms with Crippen LogP contribution < -0.4 is 4.90 Å². The number of rotatable bonds is 4. The Balaban J connectivity index is 2.53. The van der Waals surface area contributed by atoms with Crippen LogP contribution in [-0.4, -0.2) is 23.3 Å². The van der Waals surface area contributed by atoms with Crippen LogP contribution in [0.3, 0.4) is 0 Å². The normalized spacial score (nSPS) is 11.2. The lowest BCUT2D eigenvalue weighted by Crippen LogP contribution is -2.28. The fraction of sp³-hybridized carbons (Fsp3) is 0.429. The molecule has 18 heavy (non-hydrogen) atoms. The Kier molecular flexibility index (Phi) is 4.02. The van der Waals surface area contributed by atoms with Crippen molar-refractivity contribution in [2.45, 2.75) is 20.8 Å². The Labute approximate surface area is 113 Å². The first-order valence-electron chi connectivity index (χ1n) is 6.29. The highest BCUT2D eigenvalue weighted by Gasteiger charge is 2.13. The topological polar surface area (TPSA) is 29.0 Å². The molecule has 0 aliphatic heterocycles. The van der Waals surface area contributed by atoms with Gasteiger partial charge in [-0.1, -0.05) is 49.7 Å². The second-order valence-corrected chi connectivity index (χ2v) is 5.15. The molecule has 1 heterocycles. The first kappa shape index (κ1) is 13.1. The van der Waals surface area contributed by atoms with Gasteiger partial charge in [0.25, 0.3) is 0 Å². The highest BCUT2D eigenvalue weighted by molar-refractivity contribution is 6.34. The van der Waals surface area contributed by atoms with Gasteiger partial charge in [-0.25, -0.2) is 0 Å². The maximum Gasteiger partial charge on any atom is 0.159 e. The largest absolute Gasteiger partial charge is 0.355 e. The molecule has 0 radical (unpaired) electrons. The molecular weight excluding hydrogens is 246 g/mol. The highest BCUT2D eigenvalue weighted by Crippen LogP contribution is 2.28. The molecule has 0 unspecified atom stereocenters. The van der Waals surface area contributed by atoms with Gasteiger partial charge in [-0.2, -0.15) is 0 Å². The number of halogens is 1. The fourth-order valence-corrected chi connectivity index (χ4v) is 2.30. The lowest BCUT2D eigenvalue weighted by Gasteiger charge is -2.24. The number of hydrogen-bond acceptors (Lipinski definition) is 3. The van der Waals surface area contributed by atoms with Gasteiger partial charge in [0.2, 0.25) is 0 Å².